The normalized spacial score (nSPS) is 25.0. The Morgan fingerprint density at radius 2 is 2.18 bits per heavy atom. The van der Waals surface area contributed by atoms with Crippen LogP contribution >= 0.6 is 23.1 Å². The van der Waals surface area contributed by atoms with Crippen molar-refractivity contribution in [3.8, 4) is 0 Å². The van der Waals surface area contributed by atoms with E-state index in [1.807, 2.05) is 0 Å². The molecule has 1 aromatic heterocycles. The van der Waals surface area contributed by atoms with Crippen molar-refractivity contribution in [3.63, 3.8) is 0 Å². The molecule has 0 aliphatic carbocycles. The van der Waals surface area contributed by atoms with Crippen LogP contribution in [-0.4, -0.2) is 43.9 Å². The molecule has 2 aromatic rings. The number of hydrogen-bond donors (Lipinski definition) is 1. The largest absolute Gasteiger partial charge is 0.543 e. The summed E-state index contributed by atoms with van der Waals surface area (Å²) in [6.07, 6.45) is -0.883. The van der Waals surface area contributed by atoms with Crippen molar-refractivity contribution < 1.29 is 24.7 Å². The van der Waals surface area contributed by atoms with Gasteiger partial charge in [0.2, 0.25) is 5.91 Å². The molecule has 1 amide bonds. The fourth-order valence-electron chi connectivity index (χ4n) is 3.79. The summed E-state index contributed by atoms with van der Waals surface area (Å²) in [7, 11) is 0. The van der Waals surface area contributed by atoms with Crippen LogP contribution in [0.1, 0.15) is 13.8 Å². The molecule has 1 N–H and O–H groups in total. The van der Waals surface area contributed by atoms with Crippen molar-refractivity contribution in [1.29, 1.82) is 0 Å². The summed E-state index contributed by atoms with van der Waals surface area (Å²) in [4.78, 5) is 40.5. The summed E-state index contributed by atoms with van der Waals surface area (Å²) in [5, 5.41) is 32.5. The van der Waals surface area contributed by atoms with Gasteiger partial charge in [0.1, 0.15) is 0 Å². The summed E-state index contributed by atoms with van der Waals surface area (Å²) in [6.45, 7) is 3.31. The van der Waals surface area contributed by atoms with Gasteiger partial charge in [0, 0.05) is 23.0 Å². The highest BCUT2D eigenvalue weighted by atomic mass is 32.2. The maximum absolute atomic E-state index is 12.3. The van der Waals surface area contributed by atoms with Crippen molar-refractivity contribution in [2.24, 2.45) is 11.8 Å². The predicted octanol–water partition coefficient (Wildman–Crippen LogP) is 1.12. The average molecular weight is 420 g/mol. The number of carboxylic acids is 1. The Labute approximate surface area is 166 Å². The Bertz CT molecular complexity index is 1060. The molecule has 3 heterocycles. The minimum absolute atomic E-state index is 0.0499. The third-order valence-corrected chi connectivity index (χ3v) is 7.43. The summed E-state index contributed by atoms with van der Waals surface area (Å²) >= 11 is 2.33. The standard InChI is InChI=1S/C17H15N3O6S2/c1-6-12-11(7(2)21)15(22)19(12)13(16(23)24)14(6)28-17-18-9-4-3-8(20(25)26)5-10(9)27-17/h3-7,11-12,21H,1-2H3,(H,23,24)/p-1/t6-,7-,11-,12-/m1/s1. The Morgan fingerprint density at radius 1 is 1.46 bits per heavy atom. The van der Waals surface area contributed by atoms with Crippen LogP contribution in [-0.2, 0) is 9.59 Å². The van der Waals surface area contributed by atoms with Crippen LogP contribution in [0, 0.1) is 22.0 Å². The molecule has 0 bridgehead atoms. The number of aliphatic carboxylic acids is 1. The number of nitro groups is 1. The zero-order chi connectivity index (χ0) is 20.3. The molecule has 146 valence electrons. The lowest BCUT2D eigenvalue weighted by Gasteiger charge is -2.47. The molecule has 1 fully saturated rings. The molecule has 4 rings (SSSR count). The summed E-state index contributed by atoms with van der Waals surface area (Å²) in [6, 6.07) is 3.89. The second-order valence-corrected chi connectivity index (χ2v) is 9.06. The van der Waals surface area contributed by atoms with Gasteiger partial charge in [-0.1, -0.05) is 18.7 Å². The molecule has 0 unspecified atom stereocenters. The first-order valence-corrected chi connectivity index (χ1v) is 10.0. The van der Waals surface area contributed by atoms with Crippen LogP contribution in [0.2, 0.25) is 0 Å². The van der Waals surface area contributed by atoms with Gasteiger partial charge in [0.25, 0.3) is 5.69 Å². The quantitative estimate of drug-likeness (QED) is 0.432. The topological polar surface area (TPSA) is 137 Å². The van der Waals surface area contributed by atoms with E-state index < -0.39 is 34.9 Å². The van der Waals surface area contributed by atoms with Gasteiger partial charge in [-0.25, -0.2) is 4.98 Å². The van der Waals surface area contributed by atoms with Gasteiger partial charge in [-0.3, -0.25) is 14.9 Å². The van der Waals surface area contributed by atoms with Gasteiger partial charge in [-0.05, 0) is 13.0 Å². The van der Waals surface area contributed by atoms with Crippen LogP contribution in [0.3, 0.4) is 0 Å². The molecule has 2 aliphatic rings. The molecule has 1 saturated heterocycles. The van der Waals surface area contributed by atoms with Gasteiger partial charge in [-0.15, -0.1) is 11.3 Å². The van der Waals surface area contributed by atoms with Crippen LogP contribution < -0.4 is 5.11 Å². The monoisotopic (exact) mass is 420 g/mol. The number of carbonyl (C=O) groups is 2. The summed E-state index contributed by atoms with van der Waals surface area (Å²) in [5.74, 6) is -2.84. The third-order valence-electron chi connectivity index (χ3n) is 5.06. The van der Waals surface area contributed by atoms with E-state index in [9.17, 15) is 29.9 Å². The van der Waals surface area contributed by atoms with E-state index in [1.54, 1.807) is 13.0 Å². The minimum atomic E-state index is -1.45. The maximum Gasteiger partial charge on any atom is 0.270 e. The van der Waals surface area contributed by atoms with Crippen molar-refractivity contribution in [1.82, 2.24) is 9.88 Å². The second kappa shape index (κ2) is 6.54. The number of thioether (sulfide) groups is 1. The fraction of sp³-hybridized carbons (Fsp3) is 0.353. The van der Waals surface area contributed by atoms with Gasteiger partial charge in [0.05, 0.1) is 44.9 Å². The van der Waals surface area contributed by atoms with Crippen LogP contribution in [0.5, 0.6) is 0 Å². The van der Waals surface area contributed by atoms with Gasteiger partial charge < -0.3 is 19.9 Å². The number of hydrogen-bond acceptors (Lipinski definition) is 9. The minimum Gasteiger partial charge on any atom is -0.543 e. The number of non-ortho nitro benzene ring substituents is 1. The number of carboxylic acid groups (broad SMARTS) is 1. The predicted molar refractivity (Wildman–Crippen MR) is 99.1 cm³/mol. The molecule has 0 radical (unpaired) electrons. The van der Waals surface area contributed by atoms with E-state index in [1.165, 1.54) is 35.3 Å². The van der Waals surface area contributed by atoms with E-state index >= 15 is 0 Å². The maximum atomic E-state index is 12.3. The van der Waals surface area contributed by atoms with Gasteiger partial charge in [-0.2, -0.15) is 0 Å². The first-order valence-electron chi connectivity index (χ1n) is 8.40. The van der Waals surface area contributed by atoms with Crippen molar-refractivity contribution in [2.75, 3.05) is 0 Å². The smallest absolute Gasteiger partial charge is 0.270 e. The number of amides is 1. The molecule has 0 spiro atoms. The lowest BCUT2D eigenvalue weighted by atomic mass is 9.79. The Balaban J connectivity index is 1.70. The molecule has 4 atom stereocenters. The zero-order valence-electron chi connectivity index (χ0n) is 14.7. The lowest BCUT2D eigenvalue weighted by molar-refractivity contribution is -0.384. The number of carbonyl (C=O) groups excluding carboxylic acids is 2. The molecular formula is C17H14N3O6S2-. The number of nitrogens with zero attached hydrogens (tertiary/aromatic N) is 3. The molecule has 28 heavy (non-hydrogen) atoms. The number of fused-ring (bicyclic) bond motifs is 2. The first kappa shape index (κ1) is 18.8. The number of rotatable bonds is 5. The first-order chi connectivity index (χ1) is 13.2. The molecule has 11 heteroatoms. The van der Waals surface area contributed by atoms with E-state index in [4.69, 9.17) is 0 Å². The van der Waals surface area contributed by atoms with Crippen LogP contribution in [0.15, 0.2) is 33.1 Å². The van der Waals surface area contributed by atoms with Crippen LogP contribution in [0.25, 0.3) is 10.2 Å². The molecule has 2 aliphatic heterocycles. The number of thiazole rings is 1. The van der Waals surface area contributed by atoms with E-state index in [0.29, 0.717) is 19.5 Å². The number of aliphatic hydroxyl groups excluding tert-OH is 1. The zero-order valence-corrected chi connectivity index (χ0v) is 16.3. The van der Waals surface area contributed by atoms with E-state index in [0.717, 1.165) is 11.8 Å². The number of aromatic nitrogens is 1. The van der Waals surface area contributed by atoms with Gasteiger partial charge >= 0.3 is 0 Å². The molecule has 0 saturated carbocycles. The highest BCUT2D eigenvalue weighted by molar-refractivity contribution is 8.04. The molecule has 1 aromatic carbocycles. The number of β-lactam (4-membered cyclic amide) rings is 1. The number of benzene rings is 1. The highest BCUT2D eigenvalue weighted by Gasteiger charge is 2.58. The van der Waals surface area contributed by atoms with Crippen LogP contribution in [0.4, 0.5) is 5.69 Å². The second-order valence-electron chi connectivity index (χ2n) is 6.75. The van der Waals surface area contributed by atoms with E-state index in [-0.39, 0.29) is 17.3 Å². The summed E-state index contributed by atoms with van der Waals surface area (Å²) < 4.78 is 1.12. The Morgan fingerprint density at radius 3 is 2.79 bits per heavy atom. The average Bonchev–Trinajstić information content (AvgIpc) is 3.11. The van der Waals surface area contributed by atoms with Crippen molar-refractivity contribution in [3.05, 3.63) is 38.9 Å². The van der Waals surface area contributed by atoms with Crippen molar-refractivity contribution >= 4 is 50.9 Å². The third kappa shape index (κ3) is 2.69. The van der Waals surface area contributed by atoms with Gasteiger partial charge in [0.15, 0.2) is 4.34 Å². The molecule has 9 nitrogen and oxygen atoms in total. The van der Waals surface area contributed by atoms with Crippen molar-refractivity contribution in [2.45, 2.75) is 30.3 Å². The summed E-state index contributed by atoms with van der Waals surface area (Å²) in [5.41, 5.74) is 0.335. The Hall–Kier alpha value is -2.50. The molecular weight excluding hydrogens is 406 g/mol. The number of aliphatic hydroxyl groups is 1. The highest BCUT2D eigenvalue weighted by Crippen LogP contribution is 2.52. The Kier molecular flexibility index (Phi) is 4.40. The number of nitro benzene ring substituents is 1. The fourth-order valence-corrected chi connectivity index (χ4v) is 6.16. The lowest BCUT2D eigenvalue weighted by Crippen LogP contribution is -2.64. The van der Waals surface area contributed by atoms with E-state index in [2.05, 4.69) is 4.98 Å². The SMILES string of the molecule is C[C@@H](O)[C@H]1C(=O)N2C(C(=O)[O-])=C(Sc3nc4ccc([N+](=O)[O-])cc4s3)[C@H](C)[C@H]12.